The molecule has 0 aliphatic heterocycles. The third-order valence-corrected chi connectivity index (χ3v) is 3.53. The van der Waals surface area contributed by atoms with Gasteiger partial charge in [0.05, 0.1) is 18.4 Å². The van der Waals surface area contributed by atoms with E-state index in [0.29, 0.717) is 5.75 Å². The van der Waals surface area contributed by atoms with Crippen molar-refractivity contribution in [2.75, 3.05) is 6.61 Å². The fourth-order valence-electron chi connectivity index (χ4n) is 2.27. The number of nitrogens with zero attached hydrogens (tertiary/aromatic N) is 2. The van der Waals surface area contributed by atoms with Gasteiger partial charge in [0.15, 0.2) is 29.2 Å². The Bertz CT molecular complexity index is 852. The maximum Gasteiger partial charge on any atom is 0.194 e. The van der Waals surface area contributed by atoms with Gasteiger partial charge in [-0.15, -0.1) is 0 Å². The summed E-state index contributed by atoms with van der Waals surface area (Å²) in [5, 5.41) is 19.0. The summed E-state index contributed by atoms with van der Waals surface area (Å²) < 4.78 is 46.2. The number of aromatic hydroxyl groups is 2. The first-order valence-electron chi connectivity index (χ1n) is 7.27. The minimum absolute atomic E-state index is 0.0880. The molecular formula is C17H13F3N2O3. The Morgan fingerprint density at radius 3 is 2.16 bits per heavy atom. The zero-order valence-electron chi connectivity index (χ0n) is 12.8. The summed E-state index contributed by atoms with van der Waals surface area (Å²) in [6, 6.07) is 7.44. The molecule has 0 unspecified atom stereocenters. The van der Waals surface area contributed by atoms with Crippen LogP contribution in [-0.4, -0.2) is 26.4 Å². The summed E-state index contributed by atoms with van der Waals surface area (Å²) in [6.07, 6.45) is 1.35. The van der Waals surface area contributed by atoms with Crippen LogP contribution in [0.5, 0.6) is 17.5 Å². The Kier molecular flexibility index (Phi) is 4.51. The van der Waals surface area contributed by atoms with Gasteiger partial charge in [0.25, 0.3) is 0 Å². The maximum absolute atomic E-state index is 13.3. The maximum atomic E-state index is 13.3. The van der Waals surface area contributed by atoms with Gasteiger partial charge in [0, 0.05) is 17.7 Å². The van der Waals surface area contributed by atoms with Crippen LogP contribution < -0.4 is 4.74 Å². The van der Waals surface area contributed by atoms with Gasteiger partial charge in [-0.3, -0.25) is 9.55 Å². The first-order chi connectivity index (χ1) is 12.0. The van der Waals surface area contributed by atoms with Crippen LogP contribution in [0.15, 0.2) is 42.6 Å². The molecule has 2 aromatic heterocycles. The molecule has 0 aliphatic rings. The van der Waals surface area contributed by atoms with Crippen LogP contribution in [0.25, 0.3) is 11.3 Å². The predicted molar refractivity (Wildman–Crippen MR) is 82.8 cm³/mol. The summed E-state index contributed by atoms with van der Waals surface area (Å²) >= 11 is 0. The fourth-order valence-corrected chi connectivity index (χ4v) is 2.27. The number of aromatic nitrogens is 2. The van der Waals surface area contributed by atoms with Crippen LogP contribution in [0.3, 0.4) is 0 Å². The monoisotopic (exact) mass is 350 g/mol. The van der Waals surface area contributed by atoms with E-state index in [-0.39, 0.29) is 36.2 Å². The lowest BCUT2D eigenvalue weighted by molar-refractivity contribution is 0.274. The molecule has 3 rings (SSSR count). The van der Waals surface area contributed by atoms with Crippen LogP contribution in [0.4, 0.5) is 13.2 Å². The van der Waals surface area contributed by atoms with E-state index < -0.39 is 17.5 Å². The molecule has 0 radical (unpaired) electrons. The van der Waals surface area contributed by atoms with Crippen LogP contribution in [0.1, 0.15) is 0 Å². The van der Waals surface area contributed by atoms with E-state index in [1.54, 1.807) is 0 Å². The van der Waals surface area contributed by atoms with Crippen molar-refractivity contribution in [1.82, 2.24) is 9.55 Å². The molecule has 0 amide bonds. The standard InChI is InChI=1S/C17H13F3N2O3/c18-12-7-10(8-13(19)17(12)20)14-2-1-11(9-21-14)25-6-5-22-15(23)3-4-16(22)24/h1-4,7-9,23-24H,5-6H2. The number of halogens is 3. The topological polar surface area (TPSA) is 67.5 Å². The summed E-state index contributed by atoms with van der Waals surface area (Å²) in [6.45, 7) is 0.359. The van der Waals surface area contributed by atoms with Gasteiger partial charge in [-0.2, -0.15) is 0 Å². The van der Waals surface area contributed by atoms with Crippen LogP contribution in [-0.2, 0) is 6.54 Å². The number of benzene rings is 1. The van der Waals surface area contributed by atoms with Gasteiger partial charge < -0.3 is 14.9 Å². The summed E-state index contributed by atoms with van der Waals surface area (Å²) in [5.74, 6) is -3.89. The third-order valence-electron chi connectivity index (χ3n) is 3.53. The molecule has 1 aromatic carbocycles. The van der Waals surface area contributed by atoms with E-state index in [4.69, 9.17) is 4.74 Å². The highest BCUT2D eigenvalue weighted by Gasteiger charge is 2.12. The van der Waals surface area contributed by atoms with Crippen molar-refractivity contribution in [3.05, 3.63) is 60.0 Å². The Hall–Kier alpha value is -3.16. The zero-order valence-corrected chi connectivity index (χ0v) is 12.8. The van der Waals surface area contributed by atoms with Crippen LogP contribution >= 0.6 is 0 Å². The smallest absolute Gasteiger partial charge is 0.194 e. The molecule has 0 atom stereocenters. The number of ether oxygens (including phenoxy) is 1. The lowest BCUT2D eigenvalue weighted by atomic mass is 10.1. The van der Waals surface area contributed by atoms with E-state index in [1.807, 2.05) is 0 Å². The first kappa shape index (κ1) is 16.7. The van der Waals surface area contributed by atoms with E-state index >= 15 is 0 Å². The molecule has 0 spiro atoms. The molecule has 2 N–H and O–H groups in total. The Morgan fingerprint density at radius 2 is 1.60 bits per heavy atom. The highest BCUT2D eigenvalue weighted by atomic mass is 19.2. The van der Waals surface area contributed by atoms with E-state index in [9.17, 15) is 23.4 Å². The van der Waals surface area contributed by atoms with Crippen molar-refractivity contribution < 1.29 is 28.1 Å². The second kappa shape index (κ2) is 6.76. The Labute approximate surface area is 140 Å². The minimum atomic E-state index is -1.53. The molecule has 3 aromatic rings. The van der Waals surface area contributed by atoms with Gasteiger partial charge in [-0.05, 0) is 24.3 Å². The zero-order chi connectivity index (χ0) is 18.0. The van der Waals surface area contributed by atoms with Crippen molar-refractivity contribution in [3.8, 4) is 28.8 Å². The lowest BCUT2D eigenvalue weighted by Gasteiger charge is -2.09. The number of hydrogen-bond donors (Lipinski definition) is 2. The normalized spacial score (nSPS) is 10.8. The minimum Gasteiger partial charge on any atom is -0.494 e. The SMILES string of the molecule is Oc1ccc(O)n1CCOc1ccc(-c2cc(F)c(F)c(F)c2)nc1. The molecule has 130 valence electrons. The molecular weight excluding hydrogens is 337 g/mol. The summed E-state index contributed by atoms with van der Waals surface area (Å²) in [4.78, 5) is 4.03. The highest BCUT2D eigenvalue weighted by Crippen LogP contribution is 2.24. The second-order valence-corrected chi connectivity index (χ2v) is 5.18. The molecule has 2 heterocycles. The van der Waals surface area contributed by atoms with Crippen molar-refractivity contribution in [1.29, 1.82) is 0 Å². The van der Waals surface area contributed by atoms with Gasteiger partial charge in [-0.25, -0.2) is 13.2 Å². The van der Waals surface area contributed by atoms with Gasteiger partial charge in [0.1, 0.15) is 12.4 Å². The average molecular weight is 350 g/mol. The molecule has 0 saturated heterocycles. The predicted octanol–water partition coefficient (Wildman–Crippen LogP) is 3.46. The highest BCUT2D eigenvalue weighted by molar-refractivity contribution is 5.59. The summed E-state index contributed by atoms with van der Waals surface area (Å²) in [5.41, 5.74) is 0.357. The quantitative estimate of drug-likeness (QED) is 0.692. The van der Waals surface area contributed by atoms with Gasteiger partial charge in [0.2, 0.25) is 0 Å². The first-order valence-corrected chi connectivity index (χ1v) is 7.27. The van der Waals surface area contributed by atoms with Crippen molar-refractivity contribution in [2.45, 2.75) is 6.54 Å². The van der Waals surface area contributed by atoms with Crippen molar-refractivity contribution in [3.63, 3.8) is 0 Å². The van der Waals surface area contributed by atoms with Gasteiger partial charge >= 0.3 is 0 Å². The number of rotatable bonds is 5. The van der Waals surface area contributed by atoms with Crippen LogP contribution in [0.2, 0.25) is 0 Å². The van der Waals surface area contributed by atoms with Crippen LogP contribution in [0, 0.1) is 17.5 Å². The molecule has 0 aliphatic carbocycles. The second-order valence-electron chi connectivity index (χ2n) is 5.18. The van der Waals surface area contributed by atoms with E-state index in [2.05, 4.69) is 4.98 Å². The summed E-state index contributed by atoms with van der Waals surface area (Å²) in [7, 11) is 0. The molecule has 8 heteroatoms. The van der Waals surface area contributed by atoms with Gasteiger partial charge in [-0.1, -0.05) is 0 Å². The van der Waals surface area contributed by atoms with Crippen molar-refractivity contribution >= 4 is 0 Å². The fraction of sp³-hybridized carbons (Fsp3) is 0.118. The largest absolute Gasteiger partial charge is 0.494 e. The van der Waals surface area contributed by atoms with Crippen molar-refractivity contribution in [2.24, 2.45) is 0 Å². The number of pyridine rings is 1. The Morgan fingerprint density at radius 1 is 0.960 bits per heavy atom. The van der Waals surface area contributed by atoms with E-state index in [1.165, 1.54) is 35.0 Å². The molecule has 5 nitrogen and oxygen atoms in total. The molecule has 0 bridgehead atoms. The van der Waals surface area contributed by atoms with E-state index in [0.717, 1.165) is 12.1 Å². The molecule has 0 saturated carbocycles. The molecule has 0 fully saturated rings. The molecule has 25 heavy (non-hydrogen) atoms. The third kappa shape index (κ3) is 3.52. The number of hydrogen-bond acceptors (Lipinski definition) is 4. The average Bonchev–Trinajstić information content (AvgIpc) is 2.92. The Balaban J connectivity index is 1.66. The lowest BCUT2D eigenvalue weighted by Crippen LogP contribution is -2.07.